The third-order valence-corrected chi connectivity index (χ3v) is 5.80. The highest BCUT2D eigenvalue weighted by Gasteiger charge is 2.40. The molecular weight excluding hydrogens is 432 g/mol. The van der Waals surface area contributed by atoms with Crippen molar-refractivity contribution in [1.82, 2.24) is 15.3 Å². The number of amidine groups is 1. The van der Waals surface area contributed by atoms with Crippen molar-refractivity contribution in [1.29, 1.82) is 0 Å². The van der Waals surface area contributed by atoms with E-state index >= 15 is 0 Å². The van der Waals surface area contributed by atoms with E-state index in [0.29, 0.717) is 16.8 Å². The van der Waals surface area contributed by atoms with Crippen molar-refractivity contribution in [2.24, 2.45) is 5.10 Å². The quantitative estimate of drug-likeness (QED) is 0.436. The molecule has 4 aromatic rings. The second-order valence-electron chi connectivity index (χ2n) is 7.92. The molecule has 0 radical (unpaired) electrons. The summed E-state index contributed by atoms with van der Waals surface area (Å²) >= 11 is 0. The van der Waals surface area contributed by atoms with Gasteiger partial charge in [0.1, 0.15) is 0 Å². The van der Waals surface area contributed by atoms with Crippen LogP contribution in [0.4, 0.5) is 0 Å². The molecule has 3 aromatic carbocycles. The first-order valence-corrected chi connectivity index (χ1v) is 10.6. The number of aromatic amines is 1. The Morgan fingerprint density at radius 3 is 2.29 bits per heavy atom. The Hall–Kier alpha value is -4.72. The summed E-state index contributed by atoms with van der Waals surface area (Å²) in [5, 5.41) is 18.9. The molecule has 0 unspecified atom stereocenters. The molecule has 1 aliphatic heterocycles. The van der Waals surface area contributed by atoms with E-state index in [-0.39, 0.29) is 17.0 Å². The minimum Gasteiger partial charge on any atom is -0.478 e. The van der Waals surface area contributed by atoms with Crippen LogP contribution in [0, 0.1) is 6.92 Å². The van der Waals surface area contributed by atoms with Gasteiger partial charge in [-0.15, -0.1) is 5.10 Å². The molecule has 3 N–H and O–H groups in total. The highest BCUT2D eigenvalue weighted by Crippen LogP contribution is 2.35. The molecule has 34 heavy (non-hydrogen) atoms. The molecule has 0 spiro atoms. The first-order chi connectivity index (χ1) is 16.5. The number of carboxylic acids is 1. The number of carbonyl (C=O) groups is 3. The Morgan fingerprint density at radius 1 is 0.912 bits per heavy atom. The predicted molar refractivity (Wildman–Crippen MR) is 126 cm³/mol. The average molecular weight is 452 g/mol. The molecule has 2 amide bonds. The third-order valence-electron chi connectivity index (χ3n) is 5.80. The molecule has 2 heterocycles. The fourth-order valence-corrected chi connectivity index (χ4v) is 4.26. The topological polar surface area (TPSA) is 115 Å². The summed E-state index contributed by atoms with van der Waals surface area (Å²) in [5.41, 5.74) is 2.54. The van der Waals surface area contributed by atoms with Crippen LogP contribution in [0.15, 0.2) is 84.0 Å². The van der Waals surface area contributed by atoms with E-state index in [1.807, 2.05) is 37.3 Å². The number of aromatic nitrogens is 1. The van der Waals surface area contributed by atoms with E-state index in [4.69, 9.17) is 0 Å². The number of nitrogens with one attached hydrogen (secondary N) is 2. The van der Waals surface area contributed by atoms with Crippen molar-refractivity contribution < 1.29 is 19.5 Å². The summed E-state index contributed by atoms with van der Waals surface area (Å²) in [4.78, 5) is 42.4. The lowest BCUT2D eigenvalue weighted by molar-refractivity contribution is -0.125. The maximum atomic E-state index is 13.8. The number of hydrazone groups is 1. The Morgan fingerprint density at radius 2 is 1.56 bits per heavy atom. The van der Waals surface area contributed by atoms with Crippen LogP contribution in [0.3, 0.4) is 0 Å². The van der Waals surface area contributed by atoms with Gasteiger partial charge in [-0.3, -0.25) is 9.59 Å². The van der Waals surface area contributed by atoms with Crippen LogP contribution in [0.2, 0.25) is 0 Å². The Labute approximate surface area is 194 Å². The highest BCUT2D eigenvalue weighted by atomic mass is 16.4. The summed E-state index contributed by atoms with van der Waals surface area (Å²) in [6.45, 7) is 1.83. The van der Waals surface area contributed by atoms with Crippen LogP contribution in [0.1, 0.15) is 43.6 Å². The second kappa shape index (κ2) is 8.32. The Bertz CT molecular complexity index is 1470. The molecule has 0 saturated heterocycles. The standard InChI is InChI=1S/C26H20N4O4/c1-15-21(19-13-7-8-14-20(19)27-15)22-24(31)28-23(16-9-3-2-4-10-16)29-30(22)25(32)17-11-5-6-12-18(17)26(33)34/h2-14,22,27H,1H3,(H,33,34)(H,28,29,31)/t22-/m1/s1. The Balaban J connectivity index is 1.72. The molecule has 0 bridgehead atoms. The number of hydrogen-bond donors (Lipinski definition) is 3. The van der Waals surface area contributed by atoms with Gasteiger partial charge in [0.25, 0.3) is 11.8 Å². The second-order valence-corrected chi connectivity index (χ2v) is 7.92. The lowest BCUT2D eigenvalue weighted by atomic mass is 9.99. The predicted octanol–water partition coefficient (Wildman–Crippen LogP) is 3.85. The van der Waals surface area contributed by atoms with E-state index < -0.39 is 23.8 Å². The van der Waals surface area contributed by atoms with Crippen LogP contribution in [0.25, 0.3) is 10.9 Å². The van der Waals surface area contributed by atoms with Gasteiger partial charge in [-0.1, -0.05) is 60.7 Å². The number of hydrogen-bond acceptors (Lipinski definition) is 4. The smallest absolute Gasteiger partial charge is 0.336 e. The fraction of sp³-hybridized carbons (Fsp3) is 0.0769. The summed E-state index contributed by atoms with van der Waals surface area (Å²) in [7, 11) is 0. The molecule has 1 aromatic heterocycles. The maximum absolute atomic E-state index is 13.8. The van der Waals surface area contributed by atoms with Gasteiger partial charge >= 0.3 is 5.97 Å². The zero-order chi connectivity index (χ0) is 23.8. The molecular formula is C26H20N4O4. The molecule has 8 heteroatoms. The molecule has 0 fully saturated rings. The van der Waals surface area contributed by atoms with Crippen LogP contribution in [-0.4, -0.2) is 38.7 Å². The summed E-state index contributed by atoms with van der Waals surface area (Å²) in [5.74, 6) is -2.16. The molecule has 1 atom stereocenters. The van der Waals surface area contributed by atoms with Gasteiger partial charge in [-0.05, 0) is 25.1 Å². The van der Waals surface area contributed by atoms with Gasteiger partial charge in [-0.2, -0.15) is 0 Å². The zero-order valence-corrected chi connectivity index (χ0v) is 18.1. The van der Waals surface area contributed by atoms with E-state index in [2.05, 4.69) is 15.4 Å². The van der Waals surface area contributed by atoms with Crippen molar-refractivity contribution >= 4 is 34.5 Å². The maximum Gasteiger partial charge on any atom is 0.336 e. The van der Waals surface area contributed by atoms with Crippen molar-refractivity contribution in [3.63, 3.8) is 0 Å². The SMILES string of the molecule is Cc1[nH]c2ccccc2c1[C@@H]1C(=O)NC(c2ccccc2)=NN1C(=O)c1ccccc1C(=O)O. The Kier molecular flexibility index (Phi) is 5.18. The molecule has 1 aliphatic rings. The van der Waals surface area contributed by atoms with Gasteiger partial charge in [0.05, 0.1) is 11.1 Å². The largest absolute Gasteiger partial charge is 0.478 e. The van der Waals surface area contributed by atoms with Crippen molar-refractivity contribution in [2.45, 2.75) is 13.0 Å². The number of H-pyrrole nitrogens is 1. The first-order valence-electron chi connectivity index (χ1n) is 10.6. The average Bonchev–Trinajstić information content (AvgIpc) is 3.19. The molecule has 5 rings (SSSR count). The van der Waals surface area contributed by atoms with Crippen LogP contribution in [0.5, 0.6) is 0 Å². The number of aromatic carboxylic acids is 1. The zero-order valence-electron chi connectivity index (χ0n) is 18.1. The lowest BCUT2D eigenvalue weighted by Crippen LogP contribution is -2.49. The lowest BCUT2D eigenvalue weighted by Gasteiger charge is -2.32. The molecule has 0 aliphatic carbocycles. The normalized spacial score (nSPS) is 15.7. The molecule has 0 saturated carbocycles. The first kappa shape index (κ1) is 21.1. The van der Waals surface area contributed by atoms with Crippen molar-refractivity contribution in [2.75, 3.05) is 0 Å². The van der Waals surface area contributed by atoms with Gasteiger partial charge < -0.3 is 15.4 Å². The number of nitrogens with zero attached hydrogens (tertiary/aromatic N) is 2. The number of carbonyl (C=O) groups excluding carboxylic acids is 2. The van der Waals surface area contributed by atoms with Crippen LogP contribution >= 0.6 is 0 Å². The summed E-state index contributed by atoms with van der Waals surface area (Å²) in [6.07, 6.45) is 0. The van der Waals surface area contributed by atoms with Gasteiger partial charge in [-0.25, -0.2) is 9.80 Å². The summed E-state index contributed by atoms with van der Waals surface area (Å²) in [6, 6.07) is 21.3. The van der Waals surface area contributed by atoms with Gasteiger partial charge in [0, 0.05) is 27.7 Å². The monoisotopic (exact) mass is 452 g/mol. The molecule has 8 nitrogen and oxygen atoms in total. The third kappa shape index (κ3) is 3.51. The van der Waals surface area contributed by atoms with E-state index in [1.54, 1.807) is 36.4 Å². The van der Waals surface area contributed by atoms with Crippen molar-refractivity contribution in [3.05, 3.63) is 107 Å². The number of aryl methyl sites for hydroxylation is 1. The number of para-hydroxylation sites is 1. The van der Waals surface area contributed by atoms with Gasteiger partial charge in [0.2, 0.25) is 0 Å². The van der Waals surface area contributed by atoms with Crippen LogP contribution < -0.4 is 5.32 Å². The van der Waals surface area contributed by atoms with Crippen molar-refractivity contribution in [3.8, 4) is 0 Å². The highest BCUT2D eigenvalue weighted by molar-refractivity contribution is 6.14. The minimum absolute atomic E-state index is 0.0524. The molecule has 168 valence electrons. The van der Waals surface area contributed by atoms with Crippen LogP contribution in [-0.2, 0) is 4.79 Å². The van der Waals surface area contributed by atoms with E-state index in [1.165, 1.54) is 12.1 Å². The number of benzene rings is 3. The number of fused-ring (bicyclic) bond motifs is 1. The van der Waals surface area contributed by atoms with E-state index in [9.17, 15) is 19.5 Å². The van der Waals surface area contributed by atoms with E-state index in [0.717, 1.165) is 15.9 Å². The number of amides is 2. The minimum atomic E-state index is -1.24. The number of carboxylic acid groups (broad SMARTS) is 1. The fourth-order valence-electron chi connectivity index (χ4n) is 4.26. The van der Waals surface area contributed by atoms with Gasteiger partial charge in [0.15, 0.2) is 11.9 Å². The number of rotatable bonds is 4. The summed E-state index contributed by atoms with van der Waals surface area (Å²) < 4.78 is 0.